The Labute approximate surface area is 106 Å². The van der Waals surface area contributed by atoms with Gasteiger partial charge in [-0.05, 0) is 24.3 Å². The summed E-state index contributed by atoms with van der Waals surface area (Å²) in [4.78, 5) is 13.2. The highest BCUT2D eigenvalue weighted by atomic mass is 32.2. The maximum Gasteiger partial charge on any atom is 0.205 e. The van der Waals surface area contributed by atoms with Crippen LogP contribution in [0.15, 0.2) is 35.4 Å². The van der Waals surface area contributed by atoms with Gasteiger partial charge in [-0.25, -0.2) is 12.8 Å². The molecule has 0 aliphatic rings. The summed E-state index contributed by atoms with van der Waals surface area (Å²) in [7, 11) is -0.413. The van der Waals surface area contributed by atoms with Gasteiger partial charge in [-0.3, -0.25) is 4.79 Å². The Morgan fingerprint density at radius 3 is 2.11 bits per heavy atom. The number of carbonyl (C=O) groups excluding carboxylic acids is 1. The molecule has 0 amide bonds. The molecule has 1 rings (SSSR count). The smallest absolute Gasteiger partial charge is 0.205 e. The Balaban J connectivity index is 3.24. The molecular weight excluding hydrogens is 257 g/mol. The number of sulfone groups is 1. The number of Topliss-reactive ketones (excluding diaryl/α,β-unsaturated/α-hetero) is 1. The number of ketones is 1. The van der Waals surface area contributed by atoms with Crippen molar-refractivity contribution in [1.82, 2.24) is 4.90 Å². The summed E-state index contributed by atoms with van der Waals surface area (Å²) in [5, 5.41) is 0. The van der Waals surface area contributed by atoms with E-state index in [1.807, 2.05) is 0 Å². The number of nitrogens with zero attached hydrogens (tertiary/aromatic N) is 1. The highest BCUT2D eigenvalue weighted by Gasteiger charge is 2.22. The normalized spacial score (nSPS) is 12.3. The van der Waals surface area contributed by atoms with Crippen LogP contribution in [0, 0.1) is 5.82 Å². The third-order valence-electron chi connectivity index (χ3n) is 2.11. The Kier molecular flexibility index (Phi) is 4.24. The minimum absolute atomic E-state index is 0.134. The fraction of sp³-hybridized carbons (Fsp3) is 0.250. The van der Waals surface area contributed by atoms with E-state index in [1.54, 1.807) is 14.1 Å². The molecule has 0 unspecified atom stereocenters. The molecule has 0 aliphatic carbocycles. The monoisotopic (exact) mass is 271 g/mol. The predicted octanol–water partition coefficient (Wildman–Crippen LogP) is 1.46. The van der Waals surface area contributed by atoms with Gasteiger partial charge in [-0.15, -0.1) is 0 Å². The molecule has 0 N–H and O–H groups in total. The molecule has 0 saturated heterocycles. The van der Waals surface area contributed by atoms with Crippen molar-refractivity contribution >= 4 is 15.6 Å². The lowest BCUT2D eigenvalue weighted by molar-refractivity contribution is 0.104. The molecule has 1 aromatic rings. The van der Waals surface area contributed by atoms with Gasteiger partial charge < -0.3 is 4.90 Å². The maximum atomic E-state index is 12.7. The molecule has 6 heteroatoms. The van der Waals surface area contributed by atoms with Gasteiger partial charge in [-0.2, -0.15) is 0 Å². The molecule has 0 heterocycles. The first-order valence-corrected chi connectivity index (χ1v) is 6.99. The Bertz CT molecular complexity index is 574. The van der Waals surface area contributed by atoms with Gasteiger partial charge in [0.05, 0.1) is 0 Å². The lowest BCUT2D eigenvalue weighted by Gasteiger charge is -2.09. The molecule has 4 nitrogen and oxygen atoms in total. The molecule has 0 bridgehead atoms. The van der Waals surface area contributed by atoms with Crippen molar-refractivity contribution in [1.29, 1.82) is 0 Å². The largest absolute Gasteiger partial charge is 0.382 e. The van der Waals surface area contributed by atoms with Crippen LogP contribution in [0.4, 0.5) is 4.39 Å². The number of halogens is 1. The van der Waals surface area contributed by atoms with Crippen molar-refractivity contribution in [3.05, 3.63) is 46.8 Å². The predicted molar refractivity (Wildman–Crippen MR) is 67.3 cm³/mol. The van der Waals surface area contributed by atoms with Crippen molar-refractivity contribution in [2.24, 2.45) is 0 Å². The van der Waals surface area contributed by atoms with E-state index >= 15 is 0 Å². The van der Waals surface area contributed by atoms with E-state index in [0.717, 1.165) is 18.4 Å². The average molecular weight is 271 g/mol. The first-order chi connectivity index (χ1) is 8.21. The molecular formula is C12H14FNO3S. The SMILES string of the molecule is CN(C)/C=C(/C(=O)c1ccc(F)cc1)S(C)(=O)=O. The Hall–Kier alpha value is -1.69. The molecule has 0 aromatic heterocycles. The molecule has 18 heavy (non-hydrogen) atoms. The standard InChI is InChI=1S/C12H14FNO3S/c1-14(2)8-11(18(3,16)17)12(15)9-4-6-10(13)7-5-9/h4-8H,1-3H3/b11-8-. The first kappa shape index (κ1) is 14.4. The summed E-state index contributed by atoms with van der Waals surface area (Å²) >= 11 is 0. The topological polar surface area (TPSA) is 54.5 Å². The van der Waals surface area contributed by atoms with Crippen LogP contribution in [-0.2, 0) is 9.84 Å². The number of allylic oxidation sites excluding steroid dienone is 1. The van der Waals surface area contributed by atoms with Gasteiger partial charge in [0, 0.05) is 32.1 Å². The Morgan fingerprint density at radius 2 is 1.72 bits per heavy atom. The van der Waals surface area contributed by atoms with E-state index in [-0.39, 0.29) is 10.5 Å². The van der Waals surface area contributed by atoms with Crippen LogP contribution in [0.25, 0.3) is 0 Å². The summed E-state index contributed by atoms with van der Waals surface area (Å²) in [6, 6.07) is 4.74. The fourth-order valence-corrected chi connectivity index (χ4v) is 2.16. The van der Waals surface area contributed by atoms with Gasteiger partial charge in [0.25, 0.3) is 0 Å². The van der Waals surface area contributed by atoms with Crippen molar-refractivity contribution < 1.29 is 17.6 Å². The van der Waals surface area contributed by atoms with Crippen molar-refractivity contribution in [2.45, 2.75) is 0 Å². The number of benzene rings is 1. The van der Waals surface area contributed by atoms with Gasteiger partial charge >= 0.3 is 0 Å². The third-order valence-corrected chi connectivity index (χ3v) is 3.19. The zero-order valence-electron chi connectivity index (χ0n) is 10.3. The number of hydrogen-bond donors (Lipinski definition) is 0. The molecule has 0 spiro atoms. The van der Waals surface area contributed by atoms with E-state index in [0.29, 0.717) is 0 Å². The first-order valence-electron chi connectivity index (χ1n) is 5.10. The van der Waals surface area contributed by atoms with Gasteiger partial charge in [0.15, 0.2) is 9.84 Å². The van der Waals surface area contributed by atoms with Crippen LogP contribution in [-0.4, -0.2) is 39.5 Å². The van der Waals surface area contributed by atoms with Crippen LogP contribution in [0.3, 0.4) is 0 Å². The molecule has 0 atom stereocenters. The molecule has 0 saturated carbocycles. The molecule has 0 radical (unpaired) electrons. The Morgan fingerprint density at radius 1 is 1.22 bits per heavy atom. The van der Waals surface area contributed by atoms with Crippen LogP contribution in [0.1, 0.15) is 10.4 Å². The minimum atomic E-state index is -3.64. The second-order valence-electron chi connectivity index (χ2n) is 4.07. The van der Waals surface area contributed by atoms with Gasteiger partial charge in [0.1, 0.15) is 10.7 Å². The van der Waals surface area contributed by atoms with Crippen molar-refractivity contribution in [3.63, 3.8) is 0 Å². The van der Waals surface area contributed by atoms with Gasteiger partial charge in [-0.1, -0.05) is 0 Å². The van der Waals surface area contributed by atoms with E-state index in [2.05, 4.69) is 0 Å². The lowest BCUT2D eigenvalue weighted by atomic mass is 10.1. The van der Waals surface area contributed by atoms with E-state index < -0.39 is 21.4 Å². The van der Waals surface area contributed by atoms with Crippen molar-refractivity contribution in [3.8, 4) is 0 Å². The quantitative estimate of drug-likeness (QED) is 0.614. The average Bonchev–Trinajstić information content (AvgIpc) is 2.24. The zero-order valence-corrected chi connectivity index (χ0v) is 11.2. The summed E-state index contributed by atoms with van der Waals surface area (Å²) in [5.74, 6) is -1.13. The highest BCUT2D eigenvalue weighted by Crippen LogP contribution is 2.14. The number of hydrogen-bond acceptors (Lipinski definition) is 4. The summed E-state index contributed by atoms with van der Waals surface area (Å²) in [5.41, 5.74) is 0.134. The van der Waals surface area contributed by atoms with Crippen molar-refractivity contribution in [2.75, 3.05) is 20.4 Å². The zero-order chi connectivity index (χ0) is 13.9. The van der Waals surface area contributed by atoms with Crippen LogP contribution in [0.5, 0.6) is 0 Å². The molecule has 1 aromatic carbocycles. The van der Waals surface area contributed by atoms with Crippen LogP contribution < -0.4 is 0 Å². The summed E-state index contributed by atoms with van der Waals surface area (Å²) in [6.45, 7) is 0. The highest BCUT2D eigenvalue weighted by molar-refractivity contribution is 7.95. The van der Waals surface area contributed by atoms with E-state index in [4.69, 9.17) is 0 Å². The van der Waals surface area contributed by atoms with Gasteiger partial charge in [0.2, 0.25) is 5.78 Å². The second-order valence-corrected chi connectivity index (χ2v) is 6.05. The minimum Gasteiger partial charge on any atom is -0.382 e. The summed E-state index contributed by atoms with van der Waals surface area (Å²) in [6.07, 6.45) is 2.20. The third kappa shape index (κ3) is 3.66. The second kappa shape index (κ2) is 5.30. The maximum absolute atomic E-state index is 12.7. The summed E-state index contributed by atoms with van der Waals surface area (Å²) < 4.78 is 35.9. The van der Waals surface area contributed by atoms with E-state index in [1.165, 1.54) is 23.2 Å². The van der Waals surface area contributed by atoms with E-state index in [9.17, 15) is 17.6 Å². The van der Waals surface area contributed by atoms with Crippen LogP contribution in [0.2, 0.25) is 0 Å². The lowest BCUT2D eigenvalue weighted by Crippen LogP contribution is -2.16. The molecule has 0 aliphatic heterocycles. The number of carbonyl (C=O) groups is 1. The van der Waals surface area contributed by atoms with Crippen LogP contribution >= 0.6 is 0 Å². The fourth-order valence-electron chi connectivity index (χ4n) is 1.30. The molecule has 98 valence electrons. The number of rotatable bonds is 4. The molecule has 0 fully saturated rings.